The van der Waals surface area contributed by atoms with Gasteiger partial charge in [0.25, 0.3) is 0 Å². The van der Waals surface area contributed by atoms with E-state index in [-0.39, 0.29) is 5.60 Å². The Hall–Kier alpha value is -1.02. The zero-order chi connectivity index (χ0) is 13.1. The highest BCUT2D eigenvalue weighted by atomic mass is 16.5. The topological polar surface area (TPSA) is 35.2 Å². The molecular weight excluding hydrogens is 210 g/mol. The summed E-state index contributed by atoms with van der Waals surface area (Å²) < 4.78 is 6.05. The van der Waals surface area contributed by atoms with Crippen molar-refractivity contribution in [3.05, 3.63) is 29.3 Å². The molecule has 0 radical (unpaired) electrons. The van der Waals surface area contributed by atoms with Gasteiger partial charge in [-0.1, -0.05) is 26.8 Å². The molecule has 1 unspecified atom stereocenters. The van der Waals surface area contributed by atoms with Crippen molar-refractivity contribution in [2.24, 2.45) is 5.73 Å². The van der Waals surface area contributed by atoms with Crippen molar-refractivity contribution >= 4 is 0 Å². The fourth-order valence-corrected chi connectivity index (χ4v) is 1.71. The Labute approximate surface area is 105 Å². The van der Waals surface area contributed by atoms with Crippen LogP contribution in [0, 0.1) is 6.92 Å². The highest BCUT2D eigenvalue weighted by molar-refractivity contribution is 5.35. The van der Waals surface area contributed by atoms with Crippen molar-refractivity contribution in [2.75, 3.05) is 6.54 Å². The minimum atomic E-state index is -0.262. The molecule has 0 aliphatic rings. The molecule has 0 heterocycles. The van der Waals surface area contributed by atoms with Crippen molar-refractivity contribution in [1.82, 2.24) is 0 Å². The van der Waals surface area contributed by atoms with Crippen molar-refractivity contribution in [3.63, 3.8) is 0 Å². The second-order valence-electron chi connectivity index (χ2n) is 5.34. The quantitative estimate of drug-likeness (QED) is 0.846. The third-order valence-electron chi connectivity index (χ3n) is 3.28. The van der Waals surface area contributed by atoms with Crippen LogP contribution in [0.2, 0.25) is 0 Å². The summed E-state index contributed by atoms with van der Waals surface area (Å²) in [5.41, 5.74) is 8.07. The molecule has 0 aliphatic carbocycles. The van der Waals surface area contributed by atoms with Gasteiger partial charge in [0.2, 0.25) is 0 Å². The van der Waals surface area contributed by atoms with E-state index >= 15 is 0 Å². The van der Waals surface area contributed by atoms with Crippen LogP contribution in [-0.2, 0) is 0 Å². The molecule has 2 N–H and O–H groups in total. The summed E-state index contributed by atoms with van der Waals surface area (Å²) in [5, 5.41) is 0. The molecule has 0 saturated carbocycles. The van der Waals surface area contributed by atoms with Crippen molar-refractivity contribution in [1.29, 1.82) is 0 Å². The summed E-state index contributed by atoms with van der Waals surface area (Å²) in [6, 6.07) is 6.42. The minimum Gasteiger partial charge on any atom is -0.486 e. The molecule has 1 rings (SSSR count). The van der Waals surface area contributed by atoms with Crippen LogP contribution in [0.3, 0.4) is 0 Å². The maximum atomic E-state index is 6.05. The van der Waals surface area contributed by atoms with Crippen LogP contribution in [0.4, 0.5) is 0 Å². The molecule has 1 aromatic carbocycles. The van der Waals surface area contributed by atoms with Gasteiger partial charge in [-0.05, 0) is 49.4 Å². The molecule has 1 atom stereocenters. The van der Waals surface area contributed by atoms with Crippen molar-refractivity contribution in [2.45, 2.75) is 52.6 Å². The van der Waals surface area contributed by atoms with E-state index < -0.39 is 0 Å². The van der Waals surface area contributed by atoms with E-state index in [1.54, 1.807) is 0 Å². The average molecular weight is 235 g/mol. The number of rotatable bonds is 5. The standard InChI is InChI=1S/C15H25NO/c1-6-15(5,10-16)17-14-8-12(4)7-13(9-14)11(2)3/h7-9,11H,6,10,16H2,1-5H3. The number of benzene rings is 1. The minimum absolute atomic E-state index is 0.262. The van der Waals surface area contributed by atoms with E-state index in [9.17, 15) is 0 Å². The molecule has 2 nitrogen and oxygen atoms in total. The lowest BCUT2D eigenvalue weighted by Crippen LogP contribution is -2.39. The first-order valence-electron chi connectivity index (χ1n) is 6.41. The number of hydrogen-bond donors (Lipinski definition) is 1. The van der Waals surface area contributed by atoms with Crippen LogP contribution >= 0.6 is 0 Å². The molecule has 0 aromatic heterocycles. The summed E-state index contributed by atoms with van der Waals surface area (Å²) in [5.74, 6) is 1.45. The zero-order valence-electron chi connectivity index (χ0n) is 11.7. The lowest BCUT2D eigenvalue weighted by molar-refractivity contribution is 0.0933. The van der Waals surface area contributed by atoms with E-state index in [2.05, 4.69) is 52.8 Å². The maximum Gasteiger partial charge on any atom is 0.120 e. The summed E-state index contributed by atoms with van der Waals surface area (Å²) in [4.78, 5) is 0. The van der Waals surface area contributed by atoms with Gasteiger partial charge in [-0.25, -0.2) is 0 Å². The SMILES string of the molecule is CCC(C)(CN)Oc1cc(C)cc(C(C)C)c1. The van der Waals surface area contributed by atoms with Crippen LogP contribution in [0.25, 0.3) is 0 Å². The molecule has 1 aromatic rings. The van der Waals surface area contributed by atoms with Gasteiger partial charge in [-0.15, -0.1) is 0 Å². The van der Waals surface area contributed by atoms with Crippen molar-refractivity contribution < 1.29 is 4.74 Å². The number of aryl methyl sites for hydroxylation is 1. The Morgan fingerprint density at radius 1 is 1.29 bits per heavy atom. The molecule has 0 amide bonds. The summed E-state index contributed by atoms with van der Waals surface area (Å²) in [7, 11) is 0. The summed E-state index contributed by atoms with van der Waals surface area (Å²) in [6.07, 6.45) is 0.911. The second-order valence-corrected chi connectivity index (χ2v) is 5.34. The highest BCUT2D eigenvalue weighted by Crippen LogP contribution is 2.26. The Morgan fingerprint density at radius 3 is 2.41 bits per heavy atom. The Morgan fingerprint density at radius 2 is 1.94 bits per heavy atom. The van der Waals surface area contributed by atoms with Crippen molar-refractivity contribution in [3.8, 4) is 5.75 Å². The first kappa shape index (κ1) is 14.0. The molecule has 0 bridgehead atoms. The largest absolute Gasteiger partial charge is 0.486 e. The summed E-state index contributed by atoms with van der Waals surface area (Å²) in [6.45, 7) is 11.2. The number of ether oxygens (including phenoxy) is 1. The molecule has 0 spiro atoms. The third-order valence-corrected chi connectivity index (χ3v) is 3.28. The Balaban J connectivity index is 2.98. The smallest absolute Gasteiger partial charge is 0.120 e. The van der Waals surface area contributed by atoms with Gasteiger partial charge in [-0.3, -0.25) is 0 Å². The van der Waals surface area contributed by atoms with E-state index in [0.29, 0.717) is 12.5 Å². The monoisotopic (exact) mass is 235 g/mol. The van der Waals surface area contributed by atoms with Crippen LogP contribution in [0.1, 0.15) is 51.2 Å². The van der Waals surface area contributed by atoms with Gasteiger partial charge in [0.05, 0.1) is 0 Å². The van der Waals surface area contributed by atoms with Gasteiger partial charge in [0.15, 0.2) is 0 Å². The summed E-state index contributed by atoms with van der Waals surface area (Å²) >= 11 is 0. The lowest BCUT2D eigenvalue weighted by Gasteiger charge is -2.28. The average Bonchev–Trinajstić information content (AvgIpc) is 2.28. The molecule has 17 heavy (non-hydrogen) atoms. The lowest BCUT2D eigenvalue weighted by atomic mass is 10.00. The molecule has 0 aliphatic heterocycles. The third kappa shape index (κ3) is 3.74. The van der Waals surface area contributed by atoms with Gasteiger partial charge in [0.1, 0.15) is 11.4 Å². The fraction of sp³-hybridized carbons (Fsp3) is 0.600. The first-order chi connectivity index (χ1) is 7.90. The zero-order valence-corrected chi connectivity index (χ0v) is 11.7. The van der Waals surface area contributed by atoms with Gasteiger partial charge >= 0.3 is 0 Å². The highest BCUT2D eigenvalue weighted by Gasteiger charge is 2.22. The normalized spacial score (nSPS) is 14.8. The maximum absolute atomic E-state index is 6.05. The predicted octanol–water partition coefficient (Wildman–Crippen LogP) is 3.62. The van der Waals surface area contributed by atoms with Gasteiger partial charge in [-0.2, -0.15) is 0 Å². The second kappa shape index (κ2) is 5.54. The van der Waals surface area contributed by atoms with Crippen LogP contribution in [0.15, 0.2) is 18.2 Å². The molecule has 0 saturated heterocycles. The fourth-order valence-electron chi connectivity index (χ4n) is 1.71. The van der Waals surface area contributed by atoms with E-state index in [1.807, 2.05) is 0 Å². The van der Waals surface area contributed by atoms with Gasteiger partial charge in [0, 0.05) is 6.54 Å². The Bertz CT molecular complexity index is 367. The molecule has 2 heteroatoms. The van der Waals surface area contributed by atoms with E-state index in [0.717, 1.165) is 12.2 Å². The van der Waals surface area contributed by atoms with E-state index in [4.69, 9.17) is 10.5 Å². The van der Waals surface area contributed by atoms with Crippen LogP contribution in [-0.4, -0.2) is 12.1 Å². The molecular formula is C15H25NO. The molecule has 96 valence electrons. The predicted molar refractivity (Wildman–Crippen MR) is 73.6 cm³/mol. The van der Waals surface area contributed by atoms with Crippen LogP contribution < -0.4 is 10.5 Å². The Kier molecular flexibility index (Phi) is 4.58. The van der Waals surface area contributed by atoms with E-state index in [1.165, 1.54) is 11.1 Å². The van der Waals surface area contributed by atoms with Crippen LogP contribution in [0.5, 0.6) is 5.75 Å². The van der Waals surface area contributed by atoms with Gasteiger partial charge < -0.3 is 10.5 Å². The first-order valence-corrected chi connectivity index (χ1v) is 6.41. The number of hydrogen-bond acceptors (Lipinski definition) is 2. The number of nitrogens with two attached hydrogens (primary N) is 1. The molecule has 0 fully saturated rings.